The Labute approximate surface area is 177 Å². The average molecular weight is 389 g/mol. The Balaban J connectivity index is 1.93. The van der Waals surface area contributed by atoms with E-state index in [1.807, 2.05) is 60.7 Å². The van der Waals surface area contributed by atoms with Crippen LogP contribution in [0.15, 0.2) is 115 Å². The Morgan fingerprint density at radius 1 is 0.700 bits per heavy atom. The van der Waals surface area contributed by atoms with Gasteiger partial charge in [0.1, 0.15) is 5.60 Å². The lowest BCUT2D eigenvalue weighted by Gasteiger charge is -2.34. The predicted molar refractivity (Wildman–Crippen MR) is 125 cm³/mol. The highest BCUT2D eigenvalue weighted by Crippen LogP contribution is 2.45. The molecule has 1 N–H and O–H groups in total. The van der Waals surface area contributed by atoms with Gasteiger partial charge in [0.2, 0.25) is 0 Å². The maximum Gasteiger partial charge on any atom is 0.141 e. The minimum absolute atomic E-state index is 0.873. The van der Waals surface area contributed by atoms with E-state index in [0.29, 0.717) is 0 Å². The summed E-state index contributed by atoms with van der Waals surface area (Å²) >= 11 is 0. The Kier molecular flexibility index (Phi) is 4.61. The van der Waals surface area contributed by atoms with Crippen LogP contribution in [0.25, 0.3) is 16.3 Å². The van der Waals surface area contributed by atoms with Crippen LogP contribution in [0.3, 0.4) is 0 Å². The maximum absolute atomic E-state index is 12.6. The molecule has 1 aliphatic rings. The van der Waals surface area contributed by atoms with Crippen molar-refractivity contribution in [2.24, 2.45) is 0 Å². The van der Waals surface area contributed by atoms with Crippen LogP contribution in [-0.2, 0) is 5.60 Å². The van der Waals surface area contributed by atoms with Crippen molar-refractivity contribution in [3.8, 4) is 0 Å². The van der Waals surface area contributed by atoms with Crippen LogP contribution in [0.2, 0.25) is 0 Å². The maximum atomic E-state index is 12.6. The van der Waals surface area contributed by atoms with Gasteiger partial charge in [-0.25, -0.2) is 0 Å². The van der Waals surface area contributed by atoms with Crippen LogP contribution >= 0.6 is 0 Å². The molecule has 0 heterocycles. The van der Waals surface area contributed by atoms with Gasteiger partial charge in [-0.3, -0.25) is 0 Å². The first-order valence-corrected chi connectivity index (χ1v) is 10.4. The van der Waals surface area contributed by atoms with Crippen LogP contribution in [-0.4, -0.2) is 5.11 Å². The van der Waals surface area contributed by atoms with E-state index < -0.39 is 5.60 Å². The van der Waals surface area contributed by atoms with Gasteiger partial charge in [-0.1, -0.05) is 109 Å². The molecule has 0 atom stereocenters. The van der Waals surface area contributed by atoms with Crippen molar-refractivity contribution in [2.75, 3.05) is 0 Å². The molecule has 0 bridgehead atoms. The van der Waals surface area contributed by atoms with Crippen LogP contribution < -0.4 is 0 Å². The number of benzene rings is 4. The second-order valence-electron chi connectivity index (χ2n) is 7.92. The van der Waals surface area contributed by atoms with Crippen molar-refractivity contribution in [3.05, 3.63) is 137 Å². The van der Waals surface area contributed by atoms with Gasteiger partial charge in [0, 0.05) is 5.56 Å². The highest BCUT2D eigenvalue weighted by atomic mass is 16.3. The third kappa shape index (κ3) is 2.91. The lowest BCUT2D eigenvalue weighted by atomic mass is 9.74. The van der Waals surface area contributed by atoms with Crippen molar-refractivity contribution in [2.45, 2.75) is 18.9 Å². The van der Waals surface area contributed by atoms with E-state index in [4.69, 9.17) is 0 Å². The summed E-state index contributed by atoms with van der Waals surface area (Å²) in [5.41, 5.74) is 5.09. The SMILES string of the molecule is CC1=C(c2ccc3ccccc3c2C(O)(c2ccccc2)c2ccccc2)CC=C1. The van der Waals surface area contributed by atoms with Gasteiger partial charge in [0.25, 0.3) is 0 Å². The molecule has 0 amide bonds. The summed E-state index contributed by atoms with van der Waals surface area (Å²) in [6, 6.07) is 32.8. The second kappa shape index (κ2) is 7.44. The lowest BCUT2D eigenvalue weighted by Crippen LogP contribution is -2.30. The molecule has 1 nitrogen and oxygen atoms in total. The van der Waals surface area contributed by atoms with E-state index in [-0.39, 0.29) is 0 Å². The zero-order valence-corrected chi connectivity index (χ0v) is 17.0. The van der Waals surface area contributed by atoms with Gasteiger partial charge in [-0.2, -0.15) is 0 Å². The van der Waals surface area contributed by atoms with Crippen LogP contribution in [0, 0.1) is 0 Å². The van der Waals surface area contributed by atoms with Crippen molar-refractivity contribution < 1.29 is 5.11 Å². The summed E-state index contributed by atoms with van der Waals surface area (Å²) in [6.07, 6.45) is 5.27. The molecule has 0 aromatic heterocycles. The van der Waals surface area contributed by atoms with Crippen molar-refractivity contribution in [1.29, 1.82) is 0 Å². The zero-order chi connectivity index (χ0) is 20.6. The number of aliphatic hydroxyl groups is 1. The van der Waals surface area contributed by atoms with Crippen LogP contribution in [0.1, 0.15) is 35.6 Å². The number of allylic oxidation sites excluding steroid dienone is 4. The summed E-state index contributed by atoms with van der Waals surface area (Å²) in [7, 11) is 0. The molecule has 0 saturated carbocycles. The molecule has 146 valence electrons. The summed E-state index contributed by atoms with van der Waals surface area (Å²) in [4.78, 5) is 0. The van der Waals surface area contributed by atoms with Gasteiger partial charge in [-0.05, 0) is 52.0 Å². The zero-order valence-electron chi connectivity index (χ0n) is 17.0. The Hall–Kier alpha value is -3.42. The molecule has 1 aliphatic carbocycles. The summed E-state index contributed by atoms with van der Waals surface area (Å²) in [5, 5.41) is 14.8. The van der Waals surface area contributed by atoms with E-state index in [1.165, 1.54) is 11.1 Å². The number of rotatable bonds is 4. The molecular formula is C29H24O. The fourth-order valence-corrected chi connectivity index (χ4v) is 4.66. The standard InChI is InChI=1S/C29H24O/c1-21-11-10-18-25(21)27-20-19-22-12-8-9-17-26(22)28(27)29(30,23-13-4-2-5-14-23)24-15-6-3-7-16-24/h2-17,19-20,30H,18H2,1H3. The predicted octanol–water partition coefficient (Wildman–Crippen LogP) is 6.86. The Morgan fingerprint density at radius 3 is 1.90 bits per heavy atom. The first-order chi connectivity index (χ1) is 14.7. The molecule has 4 aromatic carbocycles. The van der Waals surface area contributed by atoms with Crippen molar-refractivity contribution in [1.82, 2.24) is 0 Å². The van der Waals surface area contributed by atoms with Gasteiger partial charge in [-0.15, -0.1) is 0 Å². The molecule has 0 aliphatic heterocycles. The highest BCUT2D eigenvalue weighted by molar-refractivity contribution is 5.93. The summed E-state index contributed by atoms with van der Waals surface area (Å²) < 4.78 is 0. The van der Waals surface area contributed by atoms with Crippen molar-refractivity contribution >= 4 is 16.3 Å². The fourth-order valence-electron chi connectivity index (χ4n) is 4.66. The molecular weight excluding hydrogens is 364 g/mol. The smallest absolute Gasteiger partial charge is 0.141 e. The molecule has 0 spiro atoms. The lowest BCUT2D eigenvalue weighted by molar-refractivity contribution is 0.127. The number of fused-ring (bicyclic) bond motifs is 1. The first kappa shape index (κ1) is 18.6. The van der Waals surface area contributed by atoms with E-state index in [0.717, 1.165) is 39.4 Å². The van der Waals surface area contributed by atoms with Gasteiger partial charge in [0.15, 0.2) is 0 Å². The number of hydrogen-bond acceptors (Lipinski definition) is 1. The summed E-state index contributed by atoms with van der Waals surface area (Å²) in [5.74, 6) is 0. The molecule has 0 fully saturated rings. The fraction of sp³-hybridized carbons (Fsp3) is 0.103. The monoisotopic (exact) mass is 388 g/mol. The van der Waals surface area contributed by atoms with Gasteiger partial charge in [0.05, 0.1) is 0 Å². The molecule has 0 unspecified atom stereocenters. The normalized spacial score (nSPS) is 13.9. The molecule has 0 radical (unpaired) electrons. The quantitative estimate of drug-likeness (QED) is 0.379. The van der Waals surface area contributed by atoms with Crippen LogP contribution in [0.4, 0.5) is 0 Å². The van der Waals surface area contributed by atoms with E-state index in [9.17, 15) is 5.11 Å². The molecule has 4 aromatic rings. The molecule has 30 heavy (non-hydrogen) atoms. The van der Waals surface area contributed by atoms with Crippen molar-refractivity contribution in [3.63, 3.8) is 0 Å². The number of hydrogen-bond donors (Lipinski definition) is 1. The molecule has 5 rings (SSSR count). The molecule has 1 heteroatoms. The first-order valence-electron chi connectivity index (χ1n) is 10.4. The molecule has 0 saturated heterocycles. The third-order valence-corrected chi connectivity index (χ3v) is 6.16. The Morgan fingerprint density at radius 2 is 1.30 bits per heavy atom. The van der Waals surface area contributed by atoms with Crippen LogP contribution in [0.5, 0.6) is 0 Å². The highest BCUT2D eigenvalue weighted by Gasteiger charge is 2.37. The van der Waals surface area contributed by atoms with Gasteiger partial charge < -0.3 is 5.11 Å². The minimum atomic E-state index is -1.27. The largest absolute Gasteiger partial charge is 0.376 e. The van der Waals surface area contributed by atoms with E-state index in [1.54, 1.807) is 0 Å². The second-order valence-corrected chi connectivity index (χ2v) is 7.92. The van der Waals surface area contributed by atoms with E-state index in [2.05, 4.69) is 55.5 Å². The topological polar surface area (TPSA) is 20.2 Å². The minimum Gasteiger partial charge on any atom is -0.376 e. The third-order valence-electron chi connectivity index (χ3n) is 6.16. The average Bonchev–Trinajstić information content (AvgIpc) is 3.24. The van der Waals surface area contributed by atoms with E-state index >= 15 is 0 Å². The van der Waals surface area contributed by atoms with Gasteiger partial charge >= 0.3 is 0 Å². The Bertz CT molecular complexity index is 1220. The summed E-state index contributed by atoms with van der Waals surface area (Å²) in [6.45, 7) is 2.15.